The number of methoxy groups -OCH3 is 1. The van der Waals surface area contributed by atoms with Gasteiger partial charge in [0.25, 0.3) is 0 Å². The first-order valence-electron chi connectivity index (χ1n) is 10.7. The van der Waals surface area contributed by atoms with Gasteiger partial charge in [0.2, 0.25) is 5.91 Å². The number of aromatic nitrogens is 2. The molecule has 0 bridgehead atoms. The van der Waals surface area contributed by atoms with Gasteiger partial charge in [-0.15, -0.1) is 0 Å². The van der Waals surface area contributed by atoms with Crippen LogP contribution in [0.2, 0.25) is 0 Å². The molecule has 0 saturated carbocycles. The number of nitrogens with one attached hydrogen (secondary N) is 2. The van der Waals surface area contributed by atoms with Crippen molar-refractivity contribution >= 4 is 40.0 Å². The SMILES string of the molecule is CCOC(=O)CN(C)C/C=C/C(=O)Nc1cc2c(Nc3ccc(F)c(F)c3)ncnc2cc1OC. The Bertz CT molecular complexity index is 1250. The lowest BCUT2D eigenvalue weighted by Crippen LogP contribution is -2.27. The van der Waals surface area contributed by atoms with Gasteiger partial charge in [0.15, 0.2) is 11.6 Å². The minimum atomic E-state index is -0.998. The van der Waals surface area contributed by atoms with Gasteiger partial charge in [0, 0.05) is 35.8 Å². The molecule has 2 N–H and O–H groups in total. The predicted octanol–water partition coefficient (Wildman–Crippen LogP) is 3.65. The fourth-order valence-corrected chi connectivity index (χ4v) is 3.17. The summed E-state index contributed by atoms with van der Waals surface area (Å²) < 4.78 is 37.1. The lowest BCUT2D eigenvalue weighted by atomic mass is 10.1. The fourth-order valence-electron chi connectivity index (χ4n) is 3.17. The second-order valence-corrected chi connectivity index (χ2v) is 7.44. The number of hydrogen-bond donors (Lipinski definition) is 2. The summed E-state index contributed by atoms with van der Waals surface area (Å²) in [6.45, 7) is 2.50. The van der Waals surface area contributed by atoms with Gasteiger partial charge in [-0.25, -0.2) is 18.7 Å². The van der Waals surface area contributed by atoms with Crippen LogP contribution in [0.1, 0.15) is 6.92 Å². The summed E-state index contributed by atoms with van der Waals surface area (Å²) in [7, 11) is 3.19. The minimum Gasteiger partial charge on any atom is -0.494 e. The summed E-state index contributed by atoms with van der Waals surface area (Å²) >= 11 is 0. The maximum Gasteiger partial charge on any atom is 0.320 e. The number of ether oxygens (including phenoxy) is 2. The molecule has 0 spiro atoms. The van der Waals surface area contributed by atoms with Gasteiger partial charge in [-0.3, -0.25) is 14.5 Å². The molecule has 2 aromatic carbocycles. The molecular weight excluding hydrogens is 460 g/mol. The van der Waals surface area contributed by atoms with E-state index in [1.54, 1.807) is 37.1 Å². The predicted molar refractivity (Wildman–Crippen MR) is 128 cm³/mol. The van der Waals surface area contributed by atoms with Gasteiger partial charge < -0.3 is 20.1 Å². The molecule has 1 amide bonds. The first kappa shape index (κ1) is 25.5. The number of nitrogens with zero attached hydrogens (tertiary/aromatic N) is 3. The van der Waals surface area contributed by atoms with Crippen LogP contribution in [0.25, 0.3) is 10.9 Å². The van der Waals surface area contributed by atoms with Gasteiger partial charge in [0.1, 0.15) is 17.9 Å². The Labute approximate surface area is 200 Å². The molecule has 0 aliphatic heterocycles. The first-order valence-corrected chi connectivity index (χ1v) is 10.7. The van der Waals surface area contributed by atoms with Crippen molar-refractivity contribution in [2.24, 2.45) is 0 Å². The molecule has 0 aliphatic rings. The number of halogens is 2. The molecule has 0 unspecified atom stereocenters. The Morgan fingerprint density at radius 2 is 1.94 bits per heavy atom. The molecule has 3 rings (SSSR count). The van der Waals surface area contributed by atoms with E-state index in [0.29, 0.717) is 47.0 Å². The quantitative estimate of drug-likeness (QED) is 0.331. The zero-order valence-electron chi connectivity index (χ0n) is 19.5. The summed E-state index contributed by atoms with van der Waals surface area (Å²) in [5.41, 5.74) is 1.16. The van der Waals surface area contributed by atoms with E-state index in [0.717, 1.165) is 12.1 Å². The Morgan fingerprint density at radius 1 is 1.14 bits per heavy atom. The van der Waals surface area contributed by atoms with E-state index in [1.807, 2.05) is 0 Å². The molecule has 1 heterocycles. The maximum atomic E-state index is 13.6. The van der Waals surface area contributed by atoms with E-state index in [2.05, 4.69) is 20.6 Å². The van der Waals surface area contributed by atoms with Gasteiger partial charge >= 0.3 is 5.97 Å². The summed E-state index contributed by atoms with van der Waals surface area (Å²) in [6.07, 6.45) is 4.27. The normalized spacial score (nSPS) is 11.1. The van der Waals surface area contributed by atoms with Gasteiger partial charge in [-0.1, -0.05) is 6.08 Å². The van der Waals surface area contributed by atoms with Crippen LogP contribution >= 0.6 is 0 Å². The lowest BCUT2D eigenvalue weighted by Gasteiger charge is -2.14. The number of fused-ring (bicyclic) bond motifs is 1. The third kappa shape index (κ3) is 6.93. The van der Waals surface area contributed by atoms with Crippen molar-refractivity contribution in [1.82, 2.24) is 14.9 Å². The summed E-state index contributed by atoms with van der Waals surface area (Å²) in [4.78, 5) is 34.1. The average molecular weight is 485 g/mol. The topological polar surface area (TPSA) is 106 Å². The van der Waals surface area contributed by atoms with Crippen molar-refractivity contribution in [3.05, 3.63) is 60.4 Å². The van der Waals surface area contributed by atoms with Crippen LogP contribution in [-0.4, -0.2) is 60.6 Å². The van der Waals surface area contributed by atoms with Crippen LogP contribution in [0, 0.1) is 11.6 Å². The third-order valence-electron chi connectivity index (χ3n) is 4.79. The Kier molecular flexibility index (Phi) is 8.63. The van der Waals surface area contributed by atoms with Gasteiger partial charge in [0.05, 0.1) is 31.5 Å². The van der Waals surface area contributed by atoms with Crippen LogP contribution < -0.4 is 15.4 Å². The van der Waals surface area contributed by atoms with Gasteiger partial charge in [-0.05, 0) is 32.2 Å². The molecule has 0 radical (unpaired) electrons. The molecule has 0 aliphatic carbocycles. The van der Waals surface area contributed by atoms with Crippen molar-refractivity contribution < 1.29 is 27.8 Å². The molecule has 0 atom stereocenters. The van der Waals surface area contributed by atoms with E-state index < -0.39 is 17.5 Å². The van der Waals surface area contributed by atoms with E-state index in [4.69, 9.17) is 9.47 Å². The molecule has 3 aromatic rings. The van der Waals surface area contributed by atoms with E-state index in [9.17, 15) is 18.4 Å². The van der Waals surface area contributed by atoms with Crippen molar-refractivity contribution in [3.63, 3.8) is 0 Å². The number of likely N-dealkylation sites (N-methyl/N-ethyl adjacent to an activating group) is 1. The Morgan fingerprint density at radius 3 is 2.66 bits per heavy atom. The molecule has 11 heteroatoms. The number of anilines is 3. The highest BCUT2D eigenvalue weighted by Crippen LogP contribution is 2.33. The number of benzene rings is 2. The number of carbonyl (C=O) groups excluding carboxylic acids is 2. The first-order chi connectivity index (χ1) is 16.8. The van der Waals surface area contributed by atoms with E-state index in [1.165, 1.54) is 25.6 Å². The van der Waals surface area contributed by atoms with Crippen LogP contribution in [0.3, 0.4) is 0 Å². The zero-order valence-corrected chi connectivity index (χ0v) is 19.5. The molecule has 184 valence electrons. The largest absolute Gasteiger partial charge is 0.494 e. The smallest absolute Gasteiger partial charge is 0.320 e. The minimum absolute atomic E-state index is 0.103. The standard InChI is InChI=1S/C24H25F2N5O4/c1-4-35-23(33)13-31(2)9-5-6-22(32)30-20-11-16-19(12-21(20)34-3)27-14-28-24(16)29-15-7-8-17(25)18(26)10-15/h5-8,10-12,14H,4,9,13H2,1-3H3,(H,30,32)(H,27,28,29)/b6-5+. The van der Waals surface area contributed by atoms with E-state index >= 15 is 0 Å². The molecule has 0 saturated heterocycles. The molecular formula is C24H25F2N5O4. The van der Waals surface area contributed by atoms with Crippen LogP contribution in [0.15, 0.2) is 48.8 Å². The fraction of sp³-hybridized carbons (Fsp3) is 0.250. The third-order valence-corrected chi connectivity index (χ3v) is 4.79. The molecule has 0 fully saturated rings. The zero-order chi connectivity index (χ0) is 25.4. The monoisotopic (exact) mass is 485 g/mol. The number of esters is 1. The highest BCUT2D eigenvalue weighted by molar-refractivity contribution is 6.03. The lowest BCUT2D eigenvalue weighted by molar-refractivity contribution is -0.143. The van der Waals surface area contributed by atoms with Crippen molar-refractivity contribution in [3.8, 4) is 5.75 Å². The summed E-state index contributed by atoms with van der Waals surface area (Å²) in [5.74, 6) is -2.02. The van der Waals surface area contributed by atoms with Crippen molar-refractivity contribution in [1.29, 1.82) is 0 Å². The number of hydrogen-bond acceptors (Lipinski definition) is 8. The van der Waals surface area contributed by atoms with Crippen LogP contribution in [-0.2, 0) is 14.3 Å². The summed E-state index contributed by atoms with van der Waals surface area (Å²) in [6, 6.07) is 6.64. The Hall–Kier alpha value is -4.12. The van der Waals surface area contributed by atoms with Gasteiger partial charge in [-0.2, -0.15) is 0 Å². The number of rotatable bonds is 10. The van der Waals surface area contributed by atoms with Crippen molar-refractivity contribution in [2.45, 2.75) is 6.92 Å². The van der Waals surface area contributed by atoms with Crippen LogP contribution in [0.4, 0.5) is 26.0 Å². The highest BCUT2D eigenvalue weighted by atomic mass is 19.2. The van der Waals surface area contributed by atoms with Crippen LogP contribution in [0.5, 0.6) is 5.75 Å². The van der Waals surface area contributed by atoms with Crippen molar-refractivity contribution in [2.75, 3.05) is 44.5 Å². The maximum absolute atomic E-state index is 13.6. The second kappa shape index (κ2) is 11.8. The molecule has 9 nitrogen and oxygen atoms in total. The number of carbonyl (C=O) groups is 2. The Balaban J connectivity index is 1.77. The number of amides is 1. The average Bonchev–Trinajstić information content (AvgIpc) is 2.81. The second-order valence-electron chi connectivity index (χ2n) is 7.44. The van der Waals surface area contributed by atoms with E-state index in [-0.39, 0.29) is 12.5 Å². The molecule has 35 heavy (non-hydrogen) atoms. The highest BCUT2D eigenvalue weighted by Gasteiger charge is 2.13. The summed E-state index contributed by atoms with van der Waals surface area (Å²) in [5, 5.41) is 6.20. The molecule has 1 aromatic heterocycles.